The van der Waals surface area contributed by atoms with E-state index in [4.69, 9.17) is 11.6 Å². The summed E-state index contributed by atoms with van der Waals surface area (Å²) in [4.78, 5) is 26.6. The highest BCUT2D eigenvalue weighted by atomic mass is 35.5. The molecule has 3 rings (SSSR count). The van der Waals surface area contributed by atoms with Gasteiger partial charge in [-0.1, -0.05) is 41.1 Å². The molecule has 9 heteroatoms. The molecule has 0 aliphatic rings. The normalized spacial score (nSPS) is 10.7. The van der Waals surface area contributed by atoms with Gasteiger partial charge in [-0.05, 0) is 51.1 Å². The van der Waals surface area contributed by atoms with Crippen molar-refractivity contribution in [3.05, 3.63) is 64.9 Å². The highest BCUT2D eigenvalue weighted by Crippen LogP contribution is 2.24. The second-order valence-corrected chi connectivity index (χ2v) is 8.18. The molecule has 0 spiro atoms. The zero-order chi connectivity index (χ0) is 22.4. The third-order valence-corrected chi connectivity index (χ3v) is 5.95. The van der Waals surface area contributed by atoms with E-state index in [1.165, 1.54) is 11.8 Å². The van der Waals surface area contributed by atoms with Crippen molar-refractivity contribution in [1.29, 1.82) is 0 Å². The van der Waals surface area contributed by atoms with E-state index in [1.54, 1.807) is 29.4 Å². The van der Waals surface area contributed by atoms with Crippen LogP contribution < -0.4 is 5.32 Å². The minimum atomic E-state index is -0.206. The Morgan fingerprint density at radius 3 is 2.48 bits per heavy atom. The molecule has 0 bridgehead atoms. The minimum absolute atomic E-state index is 0.126. The topological polar surface area (TPSA) is 80.1 Å². The zero-order valence-electron chi connectivity index (χ0n) is 17.6. The average Bonchev–Trinajstić information content (AvgIpc) is 3.22. The van der Waals surface area contributed by atoms with Gasteiger partial charge in [-0.25, -0.2) is 0 Å². The van der Waals surface area contributed by atoms with E-state index in [0.717, 1.165) is 11.3 Å². The van der Waals surface area contributed by atoms with Gasteiger partial charge >= 0.3 is 0 Å². The van der Waals surface area contributed by atoms with Gasteiger partial charge in [0, 0.05) is 24.5 Å². The number of amides is 2. The second kappa shape index (κ2) is 10.5. The van der Waals surface area contributed by atoms with Crippen molar-refractivity contribution in [1.82, 2.24) is 19.7 Å². The number of nitrogens with zero attached hydrogens (tertiary/aromatic N) is 4. The first-order valence-corrected chi connectivity index (χ1v) is 11.3. The predicted molar refractivity (Wildman–Crippen MR) is 124 cm³/mol. The molecule has 31 heavy (non-hydrogen) atoms. The van der Waals surface area contributed by atoms with Crippen molar-refractivity contribution in [3.63, 3.8) is 0 Å². The maximum atomic E-state index is 12.5. The Morgan fingerprint density at radius 2 is 1.84 bits per heavy atom. The van der Waals surface area contributed by atoms with Gasteiger partial charge in [0.2, 0.25) is 5.91 Å². The van der Waals surface area contributed by atoms with E-state index in [0.29, 0.717) is 34.5 Å². The fourth-order valence-electron chi connectivity index (χ4n) is 2.98. The fraction of sp³-hybridized carbons (Fsp3) is 0.273. The van der Waals surface area contributed by atoms with Crippen LogP contribution in [-0.4, -0.2) is 50.3 Å². The summed E-state index contributed by atoms with van der Waals surface area (Å²) < 4.78 is 1.84. The quantitative estimate of drug-likeness (QED) is 0.506. The number of thioether (sulfide) groups is 1. The molecule has 1 N–H and O–H groups in total. The van der Waals surface area contributed by atoms with Gasteiger partial charge in [0.15, 0.2) is 5.16 Å². The van der Waals surface area contributed by atoms with Crippen molar-refractivity contribution >= 4 is 40.9 Å². The number of anilines is 1. The molecule has 0 saturated heterocycles. The van der Waals surface area contributed by atoms with Crippen LogP contribution in [0.4, 0.5) is 5.69 Å². The van der Waals surface area contributed by atoms with Crippen LogP contribution in [0.1, 0.15) is 29.8 Å². The Morgan fingerprint density at radius 1 is 1.13 bits per heavy atom. The first kappa shape index (κ1) is 22.8. The van der Waals surface area contributed by atoms with Crippen molar-refractivity contribution in [2.45, 2.75) is 25.9 Å². The monoisotopic (exact) mass is 457 g/mol. The summed E-state index contributed by atoms with van der Waals surface area (Å²) in [5, 5.41) is 11.8. The number of carbonyl (C=O) groups is 2. The van der Waals surface area contributed by atoms with Gasteiger partial charge in [0.1, 0.15) is 6.33 Å². The van der Waals surface area contributed by atoms with E-state index in [9.17, 15) is 9.59 Å². The number of halogens is 1. The molecule has 162 valence electrons. The lowest BCUT2D eigenvalue weighted by atomic mass is 10.1. The van der Waals surface area contributed by atoms with Crippen LogP contribution in [0.3, 0.4) is 0 Å². The Labute approximate surface area is 190 Å². The van der Waals surface area contributed by atoms with Crippen LogP contribution in [0, 0.1) is 6.92 Å². The van der Waals surface area contributed by atoms with E-state index in [-0.39, 0.29) is 17.6 Å². The summed E-state index contributed by atoms with van der Waals surface area (Å²) in [6.45, 7) is 7.07. The summed E-state index contributed by atoms with van der Waals surface area (Å²) >= 11 is 7.58. The molecule has 0 atom stereocenters. The Kier molecular flexibility index (Phi) is 7.70. The average molecular weight is 458 g/mol. The molecule has 0 saturated carbocycles. The van der Waals surface area contributed by atoms with Crippen LogP contribution in [0.2, 0.25) is 5.02 Å². The Bertz CT molecular complexity index is 1060. The zero-order valence-corrected chi connectivity index (χ0v) is 19.2. The van der Waals surface area contributed by atoms with E-state index < -0.39 is 0 Å². The first-order chi connectivity index (χ1) is 14.9. The van der Waals surface area contributed by atoms with Crippen LogP contribution >= 0.6 is 23.4 Å². The van der Waals surface area contributed by atoms with Gasteiger partial charge in [0.05, 0.1) is 16.3 Å². The molecular formula is C22H24ClN5O2S. The van der Waals surface area contributed by atoms with Gasteiger partial charge in [-0.2, -0.15) is 0 Å². The number of hydrogen-bond donors (Lipinski definition) is 1. The summed E-state index contributed by atoms with van der Waals surface area (Å²) in [6, 6.07) is 12.9. The molecule has 7 nitrogen and oxygen atoms in total. The van der Waals surface area contributed by atoms with Crippen molar-refractivity contribution in [2.75, 3.05) is 24.2 Å². The summed E-state index contributed by atoms with van der Waals surface area (Å²) in [5.41, 5.74) is 3.04. The lowest BCUT2D eigenvalue weighted by Gasteiger charge is -2.19. The smallest absolute Gasteiger partial charge is 0.255 e. The predicted octanol–water partition coefficient (Wildman–Crippen LogP) is 4.44. The van der Waals surface area contributed by atoms with Crippen molar-refractivity contribution < 1.29 is 9.59 Å². The van der Waals surface area contributed by atoms with E-state index in [2.05, 4.69) is 15.5 Å². The Hall–Kier alpha value is -2.84. The molecule has 0 aliphatic carbocycles. The maximum Gasteiger partial charge on any atom is 0.255 e. The molecule has 1 aromatic heterocycles. The summed E-state index contributed by atoms with van der Waals surface area (Å²) in [5.74, 6) is -0.177. The second-order valence-electron chi connectivity index (χ2n) is 6.83. The first-order valence-electron chi connectivity index (χ1n) is 9.91. The van der Waals surface area contributed by atoms with Gasteiger partial charge < -0.3 is 10.2 Å². The largest absolute Gasteiger partial charge is 0.339 e. The number of hydrogen-bond acceptors (Lipinski definition) is 5. The number of benzene rings is 2. The molecule has 2 aromatic carbocycles. The molecule has 0 aliphatic heterocycles. The fourth-order valence-corrected chi connectivity index (χ4v) is 3.97. The molecule has 0 radical (unpaired) electrons. The van der Waals surface area contributed by atoms with Gasteiger partial charge in [0.25, 0.3) is 5.91 Å². The third kappa shape index (κ3) is 5.65. The minimum Gasteiger partial charge on any atom is -0.339 e. The number of aromatic nitrogens is 3. The Balaban J connectivity index is 1.62. The SMILES string of the molecule is CCN(CC)C(=O)c1ccc(NC(=O)CSc2nncn2-c2ccc(C)cc2)cc1Cl. The van der Waals surface area contributed by atoms with Gasteiger partial charge in [-0.15, -0.1) is 10.2 Å². The lowest BCUT2D eigenvalue weighted by Crippen LogP contribution is -2.30. The number of rotatable bonds is 8. The van der Waals surface area contributed by atoms with Gasteiger partial charge in [-0.3, -0.25) is 14.2 Å². The molecular weight excluding hydrogens is 434 g/mol. The van der Waals surface area contributed by atoms with Crippen molar-refractivity contribution in [2.24, 2.45) is 0 Å². The maximum absolute atomic E-state index is 12.5. The number of aryl methyl sites for hydroxylation is 1. The molecule has 2 amide bonds. The van der Waals surface area contributed by atoms with Crippen molar-refractivity contribution in [3.8, 4) is 5.69 Å². The van der Waals surface area contributed by atoms with E-state index in [1.807, 2.05) is 49.6 Å². The third-order valence-electron chi connectivity index (χ3n) is 4.69. The molecule has 3 aromatic rings. The van der Waals surface area contributed by atoms with Crippen LogP contribution in [-0.2, 0) is 4.79 Å². The number of carbonyl (C=O) groups excluding carboxylic acids is 2. The highest BCUT2D eigenvalue weighted by molar-refractivity contribution is 7.99. The lowest BCUT2D eigenvalue weighted by molar-refractivity contribution is -0.113. The van der Waals surface area contributed by atoms with E-state index >= 15 is 0 Å². The van der Waals surface area contributed by atoms with Crippen LogP contribution in [0.25, 0.3) is 5.69 Å². The number of nitrogens with one attached hydrogen (secondary N) is 1. The molecule has 1 heterocycles. The van der Waals surface area contributed by atoms with Crippen LogP contribution in [0.15, 0.2) is 53.9 Å². The highest BCUT2D eigenvalue weighted by Gasteiger charge is 2.17. The summed E-state index contributed by atoms with van der Waals surface area (Å²) in [7, 11) is 0. The standard InChI is InChI=1S/C22H24ClN5O2S/c1-4-27(5-2)21(30)18-11-8-16(12-19(18)23)25-20(29)13-31-22-26-24-14-28(22)17-9-6-15(3)7-10-17/h6-12,14H,4-5,13H2,1-3H3,(H,25,29). The summed E-state index contributed by atoms with van der Waals surface area (Å²) in [6.07, 6.45) is 1.62. The molecule has 0 fully saturated rings. The molecule has 0 unspecified atom stereocenters. The van der Waals surface area contributed by atoms with Crippen LogP contribution in [0.5, 0.6) is 0 Å².